The molecule has 0 spiro atoms. The van der Waals surface area contributed by atoms with Crippen molar-refractivity contribution in [3.05, 3.63) is 28.2 Å². The second-order valence-corrected chi connectivity index (χ2v) is 9.12. The molecular formula is C12H12Cl3NO3S2. The fourth-order valence-electron chi connectivity index (χ4n) is 1.94. The fraction of sp³-hybridized carbons (Fsp3) is 0.417. The second-order valence-electron chi connectivity index (χ2n) is 4.61. The van der Waals surface area contributed by atoms with Crippen molar-refractivity contribution in [2.45, 2.75) is 16.3 Å². The largest absolute Gasteiger partial charge is 0.350 e. The van der Waals surface area contributed by atoms with Crippen LogP contribution in [0.4, 0.5) is 0 Å². The van der Waals surface area contributed by atoms with Crippen LogP contribution in [0.5, 0.6) is 0 Å². The molecule has 1 saturated heterocycles. The van der Waals surface area contributed by atoms with Crippen LogP contribution in [0.2, 0.25) is 10.0 Å². The molecule has 1 aliphatic rings. The summed E-state index contributed by atoms with van der Waals surface area (Å²) in [5.41, 5.74) is 0. The summed E-state index contributed by atoms with van der Waals surface area (Å²) in [6.07, 6.45) is 0. The molecular weight excluding hydrogens is 377 g/mol. The van der Waals surface area contributed by atoms with Crippen LogP contribution in [-0.2, 0) is 14.6 Å². The number of carbonyl (C=O) groups is 1. The van der Waals surface area contributed by atoms with E-state index in [1.807, 2.05) is 0 Å². The van der Waals surface area contributed by atoms with Gasteiger partial charge in [-0.2, -0.15) is 0 Å². The maximum atomic E-state index is 11.9. The van der Waals surface area contributed by atoms with Gasteiger partial charge in [0, 0.05) is 4.90 Å². The number of alkyl halides is 1. The van der Waals surface area contributed by atoms with E-state index in [2.05, 4.69) is 5.32 Å². The lowest BCUT2D eigenvalue weighted by Gasteiger charge is -2.14. The summed E-state index contributed by atoms with van der Waals surface area (Å²) in [7, 11) is -3.17. The van der Waals surface area contributed by atoms with Gasteiger partial charge in [0.2, 0.25) is 5.91 Å². The average Bonchev–Trinajstić information content (AvgIpc) is 2.61. The summed E-state index contributed by atoms with van der Waals surface area (Å²) in [5, 5.41) is 2.99. The first kappa shape index (κ1) is 17.2. The number of thioether (sulfide) groups is 1. The normalized spacial score (nSPS) is 24.0. The van der Waals surface area contributed by atoms with Crippen LogP contribution in [-0.4, -0.2) is 43.0 Å². The van der Waals surface area contributed by atoms with Gasteiger partial charge in [-0.15, -0.1) is 23.4 Å². The van der Waals surface area contributed by atoms with E-state index in [4.69, 9.17) is 34.8 Å². The Hall–Kier alpha value is -0.140. The van der Waals surface area contributed by atoms with Gasteiger partial charge in [0.25, 0.3) is 0 Å². The van der Waals surface area contributed by atoms with Crippen molar-refractivity contribution < 1.29 is 13.2 Å². The topological polar surface area (TPSA) is 63.2 Å². The smallest absolute Gasteiger partial charge is 0.230 e. The van der Waals surface area contributed by atoms with Gasteiger partial charge in [0.05, 0.1) is 38.7 Å². The molecule has 2 rings (SSSR count). The minimum atomic E-state index is -3.17. The van der Waals surface area contributed by atoms with Crippen molar-refractivity contribution in [2.75, 3.05) is 17.3 Å². The van der Waals surface area contributed by atoms with Crippen LogP contribution in [0.15, 0.2) is 23.1 Å². The van der Waals surface area contributed by atoms with Gasteiger partial charge in [-0.05, 0) is 12.1 Å². The average molecular weight is 389 g/mol. The molecule has 1 aromatic rings. The Balaban J connectivity index is 1.91. The lowest BCUT2D eigenvalue weighted by molar-refractivity contribution is -0.119. The quantitative estimate of drug-likeness (QED) is 0.636. The van der Waals surface area contributed by atoms with Crippen LogP contribution >= 0.6 is 46.6 Å². The zero-order valence-electron chi connectivity index (χ0n) is 10.7. The third-order valence-electron chi connectivity index (χ3n) is 2.90. The van der Waals surface area contributed by atoms with Gasteiger partial charge in [0.15, 0.2) is 9.84 Å². The van der Waals surface area contributed by atoms with Gasteiger partial charge in [0.1, 0.15) is 0 Å². The van der Waals surface area contributed by atoms with E-state index in [0.717, 1.165) is 0 Å². The Morgan fingerprint density at radius 1 is 1.29 bits per heavy atom. The fourth-order valence-corrected chi connectivity index (χ4v) is 5.99. The number of amides is 1. The number of carbonyl (C=O) groups excluding carboxylic acids is 1. The maximum Gasteiger partial charge on any atom is 0.230 e. The standard InChI is InChI=1S/C12H12Cl3NO3S2/c13-7-2-1-3-8(14)12(7)20-4-11(17)16-10-6-21(18,19)5-9(10)15/h1-3,9-10H,4-6H2,(H,16,17)/t9-,10+/m0/s1. The molecule has 0 unspecified atom stereocenters. The number of hydrogen-bond donors (Lipinski definition) is 1. The highest BCUT2D eigenvalue weighted by atomic mass is 35.5. The van der Waals surface area contributed by atoms with Crippen LogP contribution in [0.25, 0.3) is 0 Å². The molecule has 0 aromatic heterocycles. The first-order valence-corrected chi connectivity index (χ1v) is 9.99. The van der Waals surface area contributed by atoms with E-state index in [1.165, 1.54) is 11.8 Å². The number of nitrogens with one attached hydrogen (secondary N) is 1. The third kappa shape index (κ3) is 4.66. The van der Waals surface area contributed by atoms with Gasteiger partial charge in [-0.3, -0.25) is 4.79 Å². The first-order chi connectivity index (χ1) is 9.78. The number of benzene rings is 1. The highest BCUT2D eigenvalue weighted by Crippen LogP contribution is 2.33. The lowest BCUT2D eigenvalue weighted by Crippen LogP contribution is -2.41. The molecule has 1 heterocycles. The molecule has 1 N–H and O–H groups in total. The molecule has 116 valence electrons. The highest BCUT2D eigenvalue weighted by molar-refractivity contribution is 8.00. The zero-order valence-corrected chi connectivity index (χ0v) is 14.6. The molecule has 21 heavy (non-hydrogen) atoms. The molecule has 2 atom stereocenters. The van der Waals surface area contributed by atoms with Crippen LogP contribution in [0, 0.1) is 0 Å². The van der Waals surface area contributed by atoms with E-state index in [-0.39, 0.29) is 23.2 Å². The van der Waals surface area contributed by atoms with Crippen molar-refractivity contribution in [1.82, 2.24) is 5.32 Å². The second kappa shape index (κ2) is 6.96. The number of halogens is 3. The Labute approximate surface area is 142 Å². The number of hydrogen-bond acceptors (Lipinski definition) is 4. The summed E-state index contributed by atoms with van der Waals surface area (Å²) in [6.45, 7) is 0. The summed E-state index contributed by atoms with van der Waals surface area (Å²) >= 11 is 19.1. The van der Waals surface area contributed by atoms with Crippen LogP contribution < -0.4 is 5.32 Å². The van der Waals surface area contributed by atoms with Gasteiger partial charge < -0.3 is 5.32 Å². The Morgan fingerprint density at radius 2 is 1.90 bits per heavy atom. The van der Waals surface area contributed by atoms with Crippen molar-refractivity contribution in [3.8, 4) is 0 Å². The lowest BCUT2D eigenvalue weighted by atomic mass is 10.2. The predicted molar refractivity (Wildman–Crippen MR) is 87.4 cm³/mol. The molecule has 1 fully saturated rings. The molecule has 1 aromatic carbocycles. The van der Waals surface area contributed by atoms with E-state index in [9.17, 15) is 13.2 Å². The van der Waals surface area contributed by atoms with Crippen molar-refractivity contribution in [2.24, 2.45) is 0 Å². The maximum absolute atomic E-state index is 11.9. The number of rotatable bonds is 4. The molecule has 0 radical (unpaired) electrons. The van der Waals surface area contributed by atoms with Gasteiger partial charge >= 0.3 is 0 Å². The van der Waals surface area contributed by atoms with Crippen molar-refractivity contribution >= 4 is 62.3 Å². The first-order valence-electron chi connectivity index (χ1n) is 5.99. The van der Waals surface area contributed by atoms with Gasteiger partial charge in [-0.25, -0.2) is 8.42 Å². The van der Waals surface area contributed by atoms with E-state index < -0.39 is 21.3 Å². The summed E-state index contributed by atoms with van der Waals surface area (Å²) in [4.78, 5) is 12.5. The molecule has 0 saturated carbocycles. The Morgan fingerprint density at radius 3 is 2.43 bits per heavy atom. The number of sulfone groups is 1. The Bertz CT molecular complexity index is 631. The highest BCUT2D eigenvalue weighted by Gasteiger charge is 2.37. The minimum Gasteiger partial charge on any atom is -0.350 e. The van der Waals surface area contributed by atoms with Crippen LogP contribution in [0.3, 0.4) is 0 Å². The predicted octanol–water partition coefficient (Wildman–Crippen LogP) is 2.61. The SMILES string of the molecule is O=C(CSc1c(Cl)cccc1Cl)N[C@@H]1CS(=O)(=O)C[C@@H]1Cl. The molecule has 0 aliphatic carbocycles. The van der Waals surface area contributed by atoms with E-state index in [0.29, 0.717) is 14.9 Å². The zero-order chi connectivity index (χ0) is 15.6. The third-order valence-corrected chi connectivity index (χ3v) is 7.26. The molecule has 1 amide bonds. The molecule has 9 heteroatoms. The van der Waals surface area contributed by atoms with Crippen molar-refractivity contribution in [3.63, 3.8) is 0 Å². The van der Waals surface area contributed by atoms with Crippen LogP contribution in [0.1, 0.15) is 0 Å². The van der Waals surface area contributed by atoms with Gasteiger partial charge in [-0.1, -0.05) is 29.3 Å². The summed E-state index contributed by atoms with van der Waals surface area (Å²) in [5.74, 6) is -0.444. The molecule has 0 bridgehead atoms. The summed E-state index contributed by atoms with van der Waals surface area (Å²) < 4.78 is 22.9. The van der Waals surface area contributed by atoms with E-state index >= 15 is 0 Å². The molecule has 4 nitrogen and oxygen atoms in total. The summed E-state index contributed by atoms with van der Waals surface area (Å²) in [6, 6.07) is 4.54. The molecule has 1 aliphatic heterocycles. The van der Waals surface area contributed by atoms with Crippen molar-refractivity contribution in [1.29, 1.82) is 0 Å². The minimum absolute atomic E-state index is 0.0869. The van der Waals surface area contributed by atoms with E-state index in [1.54, 1.807) is 18.2 Å². The Kier molecular flexibility index (Phi) is 5.71. The monoisotopic (exact) mass is 387 g/mol.